The van der Waals surface area contributed by atoms with E-state index < -0.39 is 0 Å². The molecule has 2 aliphatic rings. The van der Waals surface area contributed by atoms with Gasteiger partial charge in [0.15, 0.2) is 0 Å². The number of hydrogen-bond donors (Lipinski definition) is 0. The van der Waals surface area contributed by atoms with E-state index in [1.807, 2.05) is 11.2 Å². The molecule has 1 aliphatic heterocycles. The van der Waals surface area contributed by atoms with Crippen LogP contribution in [-0.2, 0) is 9.53 Å². The summed E-state index contributed by atoms with van der Waals surface area (Å²) in [5.74, 6) is 1.19. The fourth-order valence-electron chi connectivity index (χ4n) is 2.84. The number of ether oxygens (including phenoxy) is 1. The van der Waals surface area contributed by atoms with Crippen molar-refractivity contribution >= 4 is 17.7 Å². The van der Waals surface area contributed by atoms with E-state index in [2.05, 4.69) is 18.9 Å². The first-order valence-electron chi connectivity index (χ1n) is 7.75. The molecule has 0 bridgehead atoms. The Labute approximate surface area is 127 Å². The van der Waals surface area contributed by atoms with Crippen LogP contribution in [0.4, 0.5) is 0 Å². The van der Waals surface area contributed by atoms with E-state index in [0.717, 1.165) is 32.0 Å². The number of nitrogens with zero attached hydrogens (tertiary/aromatic N) is 2. The standard InChI is InChI=1S/C15H28N2O2S/c1-4-14(20-3)15(18)17-7-8-19-13(11-17)10-16(2)9-12-5-6-12/h12-14H,4-11H2,1-3H3/t13-,14-/m1/s1. The van der Waals surface area contributed by atoms with Crippen molar-refractivity contribution in [3.05, 3.63) is 0 Å². The zero-order chi connectivity index (χ0) is 14.5. The topological polar surface area (TPSA) is 32.8 Å². The summed E-state index contributed by atoms with van der Waals surface area (Å²) in [5.41, 5.74) is 0. The molecule has 1 saturated heterocycles. The average Bonchev–Trinajstić information content (AvgIpc) is 3.24. The Morgan fingerprint density at radius 1 is 1.45 bits per heavy atom. The Morgan fingerprint density at radius 2 is 2.20 bits per heavy atom. The maximum absolute atomic E-state index is 12.4. The second kappa shape index (κ2) is 7.66. The molecule has 5 heteroatoms. The Kier molecular flexibility index (Phi) is 6.18. The van der Waals surface area contributed by atoms with Crippen LogP contribution in [0.15, 0.2) is 0 Å². The fourth-order valence-corrected chi connectivity index (χ4v) is 3.52. The number of carbonyl (C=O) groups is 1. The highest BCUT2D eigenvalue weighted by Gasteiger charge is 2.30. The lowest BCUT2D eigenvalue weighted by Gasteiger charge is -2.36. The van der Waals surface area contributed by atoms with Crippen molar-refractivity contribution < 1.29 is 9.53 Å². The van der Waals surface area contributed by atoms with Crippen LogP contribution in [-0.4, -0.2) is 73.2 Å². The van der Waals surface area contributed by atoms with Crippen LogP contribution in [0.2, 0.25) is 0 Å². The zero-order valence-corrected chi connectivity index (χ0v) is 13.8. The molecule has 1 heterocycles. The second-order valence-corrected chi connectivity index (χ2v) is 7.11. The van der Waals surface area contributed by atoms with Crippen LogP contribution in [0.1, 0.15) is 26.2 Å². The van der Waals surface area contributed by atoms with E-state index in [9.17, 15) is 4.79 Å². The lowest BCUT2D eigenvalue weighted by molar-refractivity contribution is -0.138. The zero-order valence-electron chi connectivity index (χ0n) is 13.0. The van der Waals surface area contributed by atoms with Gasteiger partial charge in [0.25, 0.3) is 0 Å². The number of morpholine rings is 1. The van der Waals surface area contributed by atoms with Gasteiger partial charge in [0.2, 0.25) is 5.91 Å². The molecule has 0 aromatic rings. The Hall–Kier alpha value is -0.260. The molecule has 4 nitrogen and oxygen atoms in total. The SMILES string of the molecule is CC[C@@H](SC)C(=O)N1CCO[C@H](CN(C)CC2CC2)C1. The summed E-state index contributed by atoms with van der Waals surface area (Å²) in [7, 11) is 2.17. The van der Waals surface area contributed by atoms with Gasteiger partial charge < -0.3 is 14.5 Å². The first-order valence-corrected chi connectivity index (χ1v) is 9.04. The molecule has 0 spiro atoms. The summed E-state index contributed by atoms with van der Waals surface area (Å²) in [6.07, 6.45) is 5.87. The van der Waals surface area contributed by atoms with Gasteiger partial charge in [0.1, 0.15) is 0 Å². The predicted octanol–water partition coefficient (Wildman–Crippen LogP) is 1.70. The lowest BCUT2D eigenvalue weighted by atomic mass is 10.2. The van der Waals surface area contributed by atoms with Gasteiger partial charge in [0.05, 0.1) is 18.0 Å². The molecule has 1 aliphatic carbocycles. The smallest absolute Gasteiger partial charge is 0.235 e. The molecule has 0 unspecified atom stereocenters. The number of hydrogen-bond acceptors (Lipinski definition) is 4. The summed E-state index contributed by atoms with van der Waals surface area (Å²) >= 11 is 1.66. The number of thioether (sulfide) groups is 1. The first-order chi connectivity index (χ1) is 9.63. The van der Waals surface area contributed by atoms with Crippen molar-refractivity contribution in [3.8, 4) is 0 Å². The van der Waals surface area contributed by atoms with Crippen molar-refractivity contribution in [3.63, 3.8) is 0 Å². The largest absolute Gasteiger partial charge is 0.373 e. The minimum Gasteiger partial charge on any atom is -0.373 e. The highest BCUT2D eigenvalue weighted by Crippen LogP contribution is 2.29. The molecule has 0 aromatic heterocycles. The van der Waals surface area contributed by atoms with Gasteiger partial charge in [-0.15, -0.1) is 0 Å². The number of rotatable bonds is 7. The van der Waals surface area contributed by atoms with E-state index in [4.69, 9.17) is 4.74 Å². The summed E-state index contributed by atoms with van der Waals surface area (Å²) in [5, 5.41) is 0.109. The quantitative estimate of drug-likeness (QED) is 0.716. The molecule has 0 radical (unpaired) electrons. The molecule has 0 aromatic carbocycles. The summed E-state index contributed by atoms with van der Waals surface area (Å²) in [6.45, 7) is 6.38. The Bertz CT molecular complexity index is 319. The van der Waals surface area contributed by atoms with Crippen LogP contribution in [0, 0.1) is 5.92 Å². The molecule has 20 heavy (non-hydrogen) atoms. The van der Waals surface area contributed by atoms with Gasteiger partial charge in [-0.05, 0) is 38.5 Å². The summed E-state index contributed by atoms with van der Waals surface area (Å²) in [4.78, 5) is 16.8. The third-order valence-corrected chi connectivity index (χ3v) is 5.27. The fraction of sp³-hybridized carbons (Fsp3) is 0.933. The van der Waals surface area contributed by atoms with Crippen LogP contribution in [0.25, 0.3) is 0 Å². The van der Waals surface area contributed by atoms with E-state index in [-0.39, 0.29) is 17.3 Å². The van der Waals surface area contributed by atoms with E-state index in [0.29, 0.717) is 6.61 Å². The van der Waals surface area contributed by atoms with Crippen molar-refractivity contribution in [2.45, 2.75) is 37.5 Å². The van der Waals surface area contributed by atoms with Gasteiger partial charge in [-0.25, -0.2) is 0 Å². The van der Waals surface area contributed by atoms with E-state index in [1.165, 1.54) is 19.4 Å². The lowest BCUT2D eigenvalue weighted by Crippen LogP contribution is -2.51. The molecule has 2 rings (SSSR count). The molecule has 0 N–H and O–H groups in total. The third kappa shape index (κ3) is 4.64. The number of carbonyl (C=O) groups excluding carboxylic acids is 1. The van der Waals surface area contributed by atoms with Crippen molar-refractivity contribution in [1.29, 1.82) is 0 Å². The van der Waals surface area contributed by atoms with Crippen molar-refractivity contribution in [2.24, 2.45) is 5.92 Å². The molecule has 2 atom stereocenters. The van der Waals surface area contributed by atoms with Gasteiger partial charge >= 0.3 is 0 Å². The monoisotopic (exact) mass is 300 g/mol. The predicted molar refractivity (Wildman–Crippen MR) is 84.1 cm³/mol. The maximum Gasteiger partial charge on any atom is 0.235 e. The van der Waals surface area contributed by atoms with Crippen molar-refractivity contribution in [2.75, 3.05) is 46.1 Å². The van der Waals surface area contributed by atoms with Gasteiger partial charge in [-0.2, -0.15) is 11.8 Å². The van der Waals surface area contributed by atoms with Crippen LogP contribution < -0.4 is 0 Å². The Balaban J connectivity index is 1.79. The third-order valence-electron chi connectivity index (χ3n) is 4.16. The minimum atomic E-state index is 0.109. The summed E-state index contributed by atoms with van der Waals surface area (Å²) in [6, 6.07) is 0. The van der Waals surface area contributed by atoms with E-state index >= 15 is 0 Å². The van der Waals surface area contributed by atoms with Crippen LogP contribution >= 0.6 is 11.8 Å². The second-order valence-electron chi connectivity index (χ2n) is 6.07. The first kappa shape index (κ1) is 16.1. The number of likely N-dealkylation sites (N-methyl/N-ethyl adjacent to an activating group) is 1. The molecular weight excluding hydrogens is 272 g/mol. The molecule has 1 amide bonds. The Morgan fingerprint density at radius 3 is 2.80 bits per heavy atom. The van der Waals surface area contributed by atoms with Gasteiger partial charge in [0, 0.05) is 26.2 Å². The molecule has 2 fully saturated rings. The number of amides is 1. The van der Waals surface area contributed by atoms with Crippen LogP contribution in [0.5, 0.6) is 0 Å². The highest BCUT2D eigenvalue weighted by molar-refractivity contribution is 7.99. The maximum atomic E-state index is 12.4. The molecule has 116 valence electrons. The van der Waals surface area contributed by atoms with Gasteiger partial charge in [-0.3, -0.25) is 4.79 Å². The van der Waals surface area contributed by atoms with Crippen molar-refractivity contribution in [1.82, 2.24) is 9.80 Å². The average molecular weight is 300 g/mol. The van der Waals surface area contributed by atoms with Gasteiger partial charge in [-0.1, -0.05) is 6.92 Å². The highest BCUT2D eigenvalue weighted by atomic mass is 32.2. The molecular formula is C15H28N2O2S. The summed E-state index contributed by atoms with van der Waals surface area (Å²) < 4.78 is 5.84. The van der Waals surface area contributed by atoms with Crippen LogP contribution in [0.3, 0.4) is 0 Å². The minimum absolute atomic E-state index is 0.109. The van der Waals surface area contributed by atoms with E-state index in [1.54, 1.807) is 11.8 Å². The normalized spacial score (nSPS) is 25.0. The molecule has 1 saturated carbocycles.